The van der Waals surface area contributed by atoms with Gasteiger partial charge in [-0.1, -0.05) is 60.7 Å². The SMILES string of the molecule is CC(C)(C)OC(=O)NCC(=O)NCC1CCN(C(=O)C(c2ccccc2)c2ccccc2)CC1. The number of ether oxygens (including phenoxy) is 1. The normalized spacial score (nSPS) is 14.5. The standard InChI is InChI=1S/C27H35N3O4/c1-27(2,3)34-26(33)29-19-23(31)28-18-20-14-16-30(17-15-20)25(32)24(21-10-6-4-7-11-21)22-12-8-5-9-13-22/h4-13,20,24H,14-19H2,1-3H3,(H,28,31)(H,29,33). The van der Waals surface area contributed by atoms with E-state index in [9.17, 15) is 14.4 Å². The minimum Gasteiger partial charge on any atom is -0.444 e. The van der Waals surface area contributed by atoms with Crippen molar-refractivity contribution in [2.45, 2.75) is 45.1 Å². The van der Waals surface area contributed by atoms with Gasteiger partial charge in [0.15, 0.2) is 0 Å². The summed E-state index contributed by atoms with van der Waals surface area (Å²) in [4.78, 5) is 39.2. The molecule has 0 spiro atoms. The van der Waals surface area contributed by atoms with Crippen molar-refractivity contribution >= 4 is 17.9 Å². The van der Waals surface area contributed by atoms with Crippen LogP contribution in [0.5, 0.6) is 0 Å². The molecule has 2 N–H and O–H groups in total. The first kappa shape index (κ1) is 25.3. The van der Waals surface area contributed by atoms with Crippen molar-refractivity contribution in [3.8, 4) is 0 Å². The number of piperidine rings is 1. The van der Waals surface area contributed by atoms with E-state index in [0.717, 1.165) is 24.0 Å². The van der Waals surface area contributed by atoms with Crippen LogP contribution in [0, 0.1) is 5.92 Å². The van der Waals surface area contributed by atoms with Gasteiger partial charge in [0.05, 0.1) is 12.5 Å². The van der Waals surface area contributed by atoms with Crippen LogP contribution in [0.2, 0.25) is 0 Å². The maximum absolute atomic E-state index is 13.5. The summed E-state index contributed by atoms with van der Waals surface area (Å²) < 4.78 is 5.13. The molecular weight excluding hydrogens is 430 g/mol. The van der Waals surface area contributed by atoms with Crippen molar-refractivity contribution in [2.24, 2.45) is 5.92 Å². The van der Waals surface area contributed by atoms with Crippen molar-refractivity contribution < 1.29 is 19.1 Å². The van der Waals surface area contributed by atoms with Gasteiger partial charge < -0.3 is 20.3 Å². The molecule has 34 heavy (non-hydrogen) atoms. The summed E-state index contributed by atoms with van der Waals surface area (Å²) in [5.41, 5.74) is 1.38. The Morgan fingerprint density at radius 2 is 1.44 bits per heavy atom. The third kappa shape index (κ3) is 7.61. The Hall–Kier alpha value is -3.35. The zero-order valence-electron chi connectivity index (χ0n) is 20.3. The fourth-order valence-corrected chi connectivity index (χ4v) is 4.10. The summed E-state index contributed by atoms with van der Waals surface area (Å²) >= 11 is 0. The Morgan fingerprint density at radius 3 is 1.94 bits per heavy atom. The van der Waals surface area contributed by atoms with E-state index >= 15 is 0 Å². The van der Waals surface area contributed by atoms with E-state index in [4.69, 9.17) is 4.74 Å². The Bertz CT molecular complexity index is 909. The maximum atomic E-state index is 13.5. The predicted octanol–water partition coefficient (Wildman–Crippen LogP) is 3.70. The lowest BCUT2D eigenvalue weighted by Gasteiger charge is -2.34. The van der Waals surface area contributed by atoms with E-state index in [1.165, 1.54) is 0 Å². The average Bonchev–Trinajstić information content (AvgIpc) is 2.82. The Morgan fingerprint density at radius 1 is 0.912 bits per heavy atom. The van der Waals surface area contributed by atoms with Crippen molar-refractivity contribution in [1.82, 2.24) is 15.5 Å². The molecule has 7 nitrogen and oxygen atoms in total. The second kappa shape index (κ2) is 11.7. The Kier molecular flexibility index (Phi) is 8.68. The van der Waals surface area contributed by atoms with Gasteiger partial charge in [-0.2, -0.15) is 0 Å². The number of nitrogens with zero attached hydrogens (tertiary/aromatic N) is 1. The number of hydrogen-bond acceptors (Lipinski definition) is 4. The molecule has 182 valence electrons. The number of carbonyl (C=O) groups is 3. The molecule has 1 fully saturated rings. The molecular formula is C27H35N3O4. The van der Waals surface area contributed by atoms with Gasteiger partial charge >= 0.3 is 6.09 Å². The lowest BCUT2D eigenvalue weighted by Crippen LogP contribution is -2.45. The third-order valence-electron chi connectivity index (χ3n) is 5.82. The van der Waals surface area contributed by atoms with Gasteiger partial charge in [-0.3, -0.25) is 9.59 Å². The molecule has 3 amide bonds. The molecule has 0 aliphatic carbocycles. The van der Waals surface area contributed by atoms with Gasteiger partial charge in [-0.25, -0.2) is 4.79 Å². The predicted molar refractivity (Wildman–Crippen MR) is 131 cm³/mol. The fraction of sp³-hybridized carbons (Fsp3) is 0.444. The summed E-state index contributed by atoms with van der Waals surface area (Å²) in [5.74, 6) is -0.168. The van der Waals surface area contributed by atoms with E-state index in [1.54, 1.807) is 20.8 Å². The van der Waals surface area contributed by atoms with Crippen molar-refractivity contribution in [1.29, 1.82) is 0 Å². The third-order valence-corrected chi connectivity index (χ3v) is 5.82. The number of alkyl carbamates (subject to hydrolysis) is 1. The highest BCUT2D eigenvalue weighted by atomic mass is 16.6. The molecule has 0 bridgehead atoms. The van der Waals surface area contributed by atoms with Crippen LogP contribution in [0.4, 0.5) is 4.79 Å². The van der Waals surface area contributed by atoms with E-state index in [-0.39, 0.29) is 24.3 Å². The summed E-state index contributed by atoms with van der Waals surface area (Å²) in [6.07, 6.45) is 1.03. The molecule has 2 aromatic rings. The number of likely N-dealkylation sites (tertiary alicyclic amines) is 1. The molecule has 0 atom stereocenters. The average molecular weight is 466 g/mol. The van der Waals surface area contributed by atoms with Crippen LogP contribution in [0.25, 0.3) is 0 Å². The minimum absolute atomic E-state index is 0.112. The second-order valence-corrected chi connectivity index (χ2v) is 9.68. The molecule has 1 heterocycles. The van der Waals surface area contributed by atoms with Gasteiger partial charge in [0.25, 0.3) is 0 Å². The summed E-state index contributed by atoms with van der Waals surface area (Å²) in [6.45, 7) is 7.03. The largest absolute Gasteiger partial charge is 0.444 e. The molecule has 0 radical (unpaired) electrons. The van der Waals surface area contributed by atoms with Crippen molar-refractivity contribution in [3.05, 3.63) is 71.8 Å². The zero-order chi connectivity index (χ0) is 24.6. The molecule has 2 aromatic carbocycles. The lowest BCUT2D eigenvalue weighted by molar-refractivity contribution is -0.133. The molecule has 0 aromatic heterocycles. The molecule has 0 unspecified atom stereocenters. The van der Waals surface area contributed by atoms with Crippen LogP contribution in [0.15, 0.2) is 60.7 Å². The number of carbonyl (C=O) groups excluding carboxylic acids is 3. The zero-order valence-corrected chi connectivity index (χ0v) is 20.3. The summed E-state index contributed by atoms with van der Waals surface area (Å²) in [7, 11) is 0. The highest BCUT2D eigenvalue weighted by Crippen LogP contribution is 2.29. The topological polar surface area (TPSA) is 87.7 Å². The monoisotopic (exact) mass is 465 g/mol. The number of amides is 3. The smallest absolute Gasteiger partial charge is 0.408 e. The molecule has 1 aliphatic rings. The first-order valence-corrected chi connectivity index (χ1v) is 11.8. The van der Waals surface area contributed by atoms with E-state index in [2.05, 4.69) is 10.6 Å². The van der Waals surface area contributed by atoms with Crippen molar-refractivity contribution in [3.63, 3.8) is 0 Å². The summed E-state index contributed by atoms with van der Waals surface area (Å²) in [5, 5.41) is 5.34. The Balaban J connectivity index is 1.48. The molecule has 3 rings (SSSR count). The molecule has 0 saturated carbocycles. The molecule has 7 heteroatoms. The highest BCUT2D eigenvalue weighted by Gasteiger charge is 2.30. The van der Waals surface area contributed by atoms with Crippen LogP contribution >= 0.6 is 0 Å². The van der Waals surface area contributed by atoms with Crippen molar-refractivity contribution in [2.75, 3.05) is 26.2 Å². The van der Waals surface area contributed by atoms with Crippen LogP contribution in [-0.2, 0) is 14.3 Å². The number of benzene rings is 2. The maximum Gasteiger partial charge on any atom is 0.408 e. The minimum atomic E-state index is -0.610. The number of nitrogens with one attached hydrogen (secondary N) is 2. The van der Waals surface area contributed by atoms with E-state index in [0.29, 0.717) is 25.6 Å². The molecule has 1 aliphatic heterocycles. The van der Waals surface area contributed by atoms with Gasteiger partial charge in [-0.05, 0) is 50.7 Å². The van der Waals surface area contributed by atoms with Gasteiger partial charge in [0.1, 0.15) is 5.60 Å². The van der Waals surface area contributed by atoms with Crippen LogP contribution in [0.3, 0.4) is 0 Å². The first-order valence-electron chi connectivity index (χ1n) is 11.8. The summed E-state index contributed by atoms with van der Waals surface area (Å²) in [6, 6.07) is 19.8. The van der Waals surface area contributed by atoms with Crippen LogP contribution in [-0.4, -0.2) is 54.6 Å². The molecule has 1 saturated heterocycles. The number of hydrogen-bond donors (Lipinski definition) is 2. The van der Waals surface area contributed by atoms with E-state index < -0.39 is 11.7 Å². The number of rotatable bonds is 7. The second-order valence-electron chi connectivity index (χ2n) is 9.68. The van der Waals surface area contributed by atoms with E-state index in [1.807, 2.05) is 65.6 Å². The first-order chi connectivity index (χ1) is 16.2. The van der Waals surface area contributed by atoms with Gasteiger partial charge in [-0.15, -0.1) is 0 Å². The van der Waals surface area contributed by atoms with Crippen LogP contribution in [0.1, 0.15) is 50.7 Å². The van der Waals surface area contributed by atoms with Gasteiger partial charge in [0.2, 0.25) is 11.8 Å². The van der Waals surface area contributed by atoms with Crippen LogP contribution < -0.4 is 10.6 Å². The van der Waals surface area contributed by atoms with Gasteiger partial charge in [0, 0.05) is 19.6 Å². The lowest BCUT2D eigenvalue weighted by atomic mass is 9.88. The fourth-order valence-electron chi connectivity index (χ4n) is 4.10. The highest BCUT2D eigenvalue weighted by molar-refractivity contribution is 5.87. The quantitative estimate of drug-likeness (QED) is 0.653. The Labute approximate surface area is 201 Å².